The summed E-state index contributed by atoms with van der Waals surface area (Å²) >= 11 is 0. The van der Waals surface area contributed by atoms with Crippen molar-refractivity contribution in [3.8, 4) is 11.3 Å². The van der Waals surface area contributed by atoms with E-state index in [-0.39, 0.29) is 17.5 Å². The Morgan fingerprint density at radius 2 is 1.52 bits per heavy atom. The van der Waals surface area contributed by atoms with Crippen molar-refractivity contribution >= 4 is 16.7 Å². The Balaban J connectivity index is 1.62. The highest BCUT2D eigenvalue weighted by atomic mass is 16.1. The fraction of sp³-hybridized carbons (Fsp3) is 0.125. The lowest BCUT2D eigenvalue weighted by atomic mass is 10.0. The van der Waals surface area contributed by atoms with E-state index in [0.29, 0.717) is 16.6 Å². The van der Waals surface area contributed by atoms with E-state index in [1.54, 1.807) is 25.2 Å². The molecule has 1 aromatic heterocycles. The predicted octanol–water partition coefficient (Wildman–Crippen LogP) is 4.09. The van der Waals surface area contributed by atoms with Crippen molar-refractivity contribution in [2.24, 2.45) is 7.05 Å². The van der Waals surface area contributed by atoms with Crippen LogP contribution in [0.25, 0.3) is 22.0 Å². The van der Waals surface area contributed by atoms with Crippen molar-refractivity contribution in [1.29, 1.82) is 0 Å². The number of aryl methyl sites for hydroxylation is 1. The molecule has 0 spiro atoms. The highest BCUT2D eigenvalue weighted by molar-refractivity contribution is 5.97. The van der Waals surface area contributed by atoms with Gasteiger partial charge in [0.25, 0.3) is 11.5 Å². The van der Waals surface area contributed by atoms with Gasteiger partial charge in [0.15, 0.2) is 0 Å². The standard InChI is InChI=1S/C24H21N3O2/c1-16(17-8-4-3-5-9-17)25-23(28)19-14-12-18(13-15-19)22-20-10-6-7-11-21(20)24(29)27(2)26-22/h3-16H,1-2H3,(H,25,28)/t16-/m0/s1. The Hall–Kier alpha value is -3.73. The summed E-state index contributed by atoms with van der Waals surface area (Å²) in [7, 11) is 1.64. The highest BCUT2D eigenvalue weighted by Gasteiger charge is 2.13. The average Bonchev–Trinajstić information content (AvgIpc) is 2.77. The van der Waals surface area contributed by atoms with Crippen LogP contribution in [0.5, 0.6) is 0 Å². The van der Waals surface area contributed by atoms with Gasteiger partial charge in [-0.3, -0.25) is 9.59 Å². The van der Waals surface area contributed by atoms with Gasteiger partial charge in [-0.05, 0) is 30.7 Å². The maximum absolute atomic E-state index is 12.6. The van der Waals surface area contributed by atoms with Crippen molar-refractivity contribution in [3.63, 3.8) is 0 Å². The Labute approximate surface area is 168 Å². The minimum absolute atomic E-state index is 0.0855. The number of carbonyl (C=O) groups is 1. The summed E-state index contributed by atoms with van der Waals surface area (Å²) < 4.78 is 1.35. The van der Waals surface area contributed by atoms with Gasteiger partial charge in [-0.25, -0.2) is 4.68 Å². The molecule has 144 valence electrons. The molecule has 3 aromatic carbocycles. The van der Waals surface area contributed by atoms with E-state index in [0.717, 1.165) is 16.5 Å². The first kappa shape index (κ1) is 18.6. The van der Waals surface area contributed by atoms with Crippen LogP contribution in [0.15, 0.2) is 83.7 Å². The van der Waals surface area contributed by atoms with Gasteiger partial charge in [-0.1, -0.05) is 60.7 Å². The van der Waals surface area contributed by atoms with Crippen LogP contribution in [0, 0.1) is 0 Å². The maximum atomic E-state index is 12.6. The lowest BCUT2D eigenvalue weighted by Gasteiger charge is -2.14. The molecule has 1 atom stereocenters. The minimum atomic E-state index is -0.133. The molecule has 0 bridgehead atoms. The smallest absolute Gasteiger partial charge is 0.274 e. The van der Waals surface area contributed by atoms with Crippen molar-refractivity contribution in [2.75, 3.05) is 0 Å². The number of fused-ring (bicyclic) bond motifs is 1. The summed E-state index contributed by atoms with van der Waals surface area (Å²) in [6, 6.07) is 24.5. The van der Waals surface area contributed by atoms with Crippen molar-refractivity contribution in [3.05, 3.63) is 100 Å². The van der Waals surface area contributed by atoms with E-state index in [1.165, 1.54) is 4.68 Å². The largest absolute Gasteiger partial charge is 0.346 e. The van der Waals surface area contributed by atoms with Crippen LogP contribution in [-0.4, -0.2) is 15.7 Å². The molecule has 29 heavy (non-hydrogen) atoms. The fourth-order valence-electron chi connectivity index (χ4n) is 3.40. The first-order valence-electron chi connectivity index (χ1n) is 9.47. The zero-order chi connectivity index (χ0) is 20.4. The highest BCUT2D eigenvalue weighted by Crippen LogP contribution is 2.25. The van der Waals surface area contributed by atoms with E-state index in [9.17, 15) is 9.59 Å². The second kappa shape index (κ2) is 7.72. The Morgan fingerprint density at radius 3 is 2.21 bits per heavy atom. The molecule has 0 unspecified atom stereocenters. The molecule has 0 saturated heterocycles. The van der Waals surface area contributed by atoms with Crippen LogP contribution in [0.1, 0.15) is 28.9 Å². The Morgan fingerprint density at radius 1 is 0.897 bits per heavy atom. The first-order chi connectivity index (χ1) is 14.0. The number of amides is 1. The summed E-state index contributed by atoms with van der Waals surface area (Å²) in [5.41, 5.74) is 3.07. The normalized spacial score (nSPS) is 11.9. The van der Waals surface area contributed by atoms with Gasteiger partial charge in [0.2, 0.25) is 0 Å². The van der Waals surface area contributed by atoms with Gasteiger partial charge >= 0.3 is 0 Å². The molecule has 0 aliphatic carbocycles. The van der Waals surface area contributed by atoms with Crippen LogP contribution in [0.4, 0.5) is 0 Å². The van der Waals surface area contributed by atoms with Gasteiger partial charge in [0.1, 0.15) is 0 Å². The zero-order valence-electron chi connectivity index (χ0n) is 16.3. The lowest BCUT2D eigenvalue weighted by molar-refractivity contribution is 0.0940. The van der Waals surface area contributed by atoms with Crippen LogP contribution in [0.2, 0.25) is 0 Å². The van der Waals surface area contributed by atoms with E-state index in [1.807, 2.05) is 67.6 Å². The van der Waals surface area contributed by atoms with E-state index in [2.05, 4.69) is 10.4 Å². The zero-order valence-corrected chi connectivity index (χ0v) is 16.3. The molecule has 0 aliphatic rings. The summed E-state index contributed by atoms with van der Waals surface area (Å²) in [6.45, 7) is 1.96. The second-order valence-corrected chi connectivity index (χ2v) is 7.01. The number of benzene rings is 3. The van der Waals surface area contributed by atoms with Gasteiger partial charge < -0.3 is 5.32 Å². The molecule has 1 heterocycles. The molecule has 0 fully saturated rings. The molecule has 5 heteroatoms. The number of nitrogens with zero attached hydrogens (tertiary/aromatic N) is 2. The van der Waals surface area contributed by atoms with Crippen LogP contribution < -0.4 is 10.9 Å². The molecule has 0 radical (unpaired) electrons. The number of carbonyl (C=O) groups excluding carboxylic acids is 1. The Kier molecular flexibility index (Phi) is 4.96. The topological polar surface area (TPSA) is 64.0 Å². The number of hydrogen-bond acceptors (Lipinski definition) is 3. The summed E-state index contributed by atoms with van der Waals surface area (Å²) in [6.07, 6.45) is 0. The van der Waals surface area contributed by atoms with Crippen LogP contribution in [0.3, 0.4) is 0 Å². The molecule has 1 amide bonds. The molecule has 0 aliphatic heterocycles. The molecular formula is C24H21N3O2. The molecule has 0 saturated carbocycles. The third-order valence-corrected chi connectivity index (χ3v) is 5.02. The quantitative estimate of drug-likeness (QED) is 0.577. The molecule has 4 rings (SSSR count). The number of rotatable bonds is 4. The molecule has 1 N–H and O–H groups in total. The monoisotopic (exact) mass is 383 g/mol. The Bertz CT molecular complexity index is 1230. The van der Waals surface area contributed by atoms with E-state index in [4.69, 9.17) is 0 Å². The van der Waals surface area contributed by atoms with Crippen LogP contribution >= 0.6 is 0 Å². The third kappa shape index (κ3) is 3.67. The SMILES string of the molecule is C[C@H](NC(=O)c1ccc(-c2nn(C)c(=O)c3ccccc23)cc1)c1ccccc1. The van der Waals surface area contributed by atoms with E-state index >= 15 is 0 Å². The second-order valence-electron chi connectivity index (χ2n) is 7.01. The lowest BCUT2D eigenvalue weighted by Crippen LogP contribution is -2.26. The molecule has 5 nitrogen and oxygen atoms in total. The van der Waals surface area contributed by atoms with Crippen molar-refractivity contribution in [2.45, 2.75) is 13.0 Å². The van der Waals surface area contributed by atoms with Gasteiger partial charge in [-0.15, -0.1) is 0 Å². The third-order valence-electron chi connectivity index (χ3n) is 5.02. The first-order valence-corrected chi connectivity index (χ1v) is 9.47. The fourth-order valence-corrected chi connectivity index (χ4v) is 3.40. The van der Waals surface area contributed by atoms with Gasteiger partial charge in [0.05, 0.1) is 17.1 Å². The summed E-state index contributed by atoms with van der Waals surface area (Å²) in [4.78, 5) is 24.9. The summed E-state index contributed by atoms with van der Waals surface area (Å²) in [5, 5.41) is 8.88. The number of nitrogens with one attached hydrogen (secondary N) is 1. The predicted molar refractivity (Wildman–Crippen MR) is 115 cm³/mol. The maximum Gasteiger partial charge on any atom is 0.274 e. The molecular weight excluding hydrogens is 362 g/mol. The van der Waals surface area contributed by atoms with Crippen molar-refractivity contribution in [1.82, 2.24) is 15.1 Å². The minimum Gasteiger partial charge on any atom is -0.346 e. The number of aromatic nitrogens is 2. The molecule has 4 aromatic rings. The number of hydrogen-bond donors (Lipinski definition) is 1. The summed E-state index contributed by atoms with van der Waals surface area (Å²) in [5.74, 6) is -0.133. The van der Waals surface area contributed by atoms with E-state index < -0.39 is 0 Å². The average molecular weight is 383 g/mol. The van der Waals surface area contributed by atoms with Crippen LogP contribution in [-0.2, 0) is 7.05 Å². The van der Waals surface area contributed by atoms with Crippen molar-refractivity contribution < 1.29 is 4.79 Å². The van der Waals surface area contributed by atoms with Gasteiger partial charge in [-0.2, -0.15) is 5.10 Å². The van der Waals surface area contributed by atoms with Gasteiger partial charge in [0, 0.05) is 23.6 Å².